The molecule has 0 unspecified atom stereocenters. The van der Waals surface area contributed by atoms with Crippen molar-refractivity contribution in [3.05, 3.63) is 93.7 Å². The summed E-state index contributed by atoms with van der Waals surface area (Å²) in [5.41, 5.74) is 5.81. The largest absolute Gasteiger partial charge is 0.469 e. The second kappa shape index (κ2) is 8.08. The summed E-state index contributed by atoms with van der Waals surface area (Å²) in [7, 11) is 0. The van der Waals surface area contributed by atoms with Gasteiger partial charge in [0.1, 0.15) is 11.3 Å². The van der Waals surface area contributed by atoms with Crippen molar-refractivity contribution in [1.29, 1.82) is 0 Å². The first kappa shape index (κ1) is 20.1. The molecule has 0 fully saturated rings. The number of rotatable bonds is 5. The summed E-state index contributed by atoms with van der Waals surface area (Å²) in [5.74, 6) is 2.10. The van der Waals surface area contributed by atoms with Crippen LogP contribution in [0.1, 0.15) is 28.9 Å². The number of hydrogen-bond donors (Lipinski definition) is 0. The molecule has 1 aliphatic carbocycles. The van der Waals surface area contributed by atoms with Crippen LogP contribution in [0.5, 0.6) is 0 Å². The van der Waals surface area contributed by atoms with Crippen LogP contribution in [0.3, 0.4) is 0 Å². The third-order valence-electron chi connectivity index (χ3n) is 6.15. The van der Waals surface area contributed by atoms with Crippen LogP contribution in [-0.2, 0) is 18.6 Å². The van der Waals surface area contributed by atoms with Crippen molar-refractivity contribution in [1.82, 2.24) is 14.8 Å². The smallest absolute Gasteiger partial charge is 0.336 e. The topological polar surface area (TPSA) is 74.1 Å². The van der Waals surface area contributed by atoms with Gasteiger partial charge in [-0.2, -0.15) is 0 Å². The number of aromatic nitrogens is 3. The fraction of sp³-hybridized carbons (Fsp3) is 0.192. The van der Waals surface area contributed by atoms with Gasteiger partial charge in [-0.1, -0.05) is 30.0 Å². The molecular formula is C26H21N3O3S. The van der Waals surface area contributed by atoms with Crippen molar-refractivity contribution >= 4 is 22.7 Å². The van der Waals surface area contributed by atoms with Crippen LogP contribution in [0.25, 0.3) is 28.0 Å². The molecule has 0 aliphatic heterocycles. The van der Waals surface area contributed by atoms with E-state index in [9.17, 15) is 4.79 Å². The van der Waals surface area contributed by atoms with Gasteiger partial charge in [0.2, 0.25) is 0 Å². The van der Waals surface area contributed by atoms with Crippen molar-refractivity contribution < 1.29 is 8.83 Å². The van der Waals surface area contributed by atoms with E-state index in [2.05, 4.69) is 16.3 Å². The highest BCUT2D eigenvalue weighted by atomic mass is 32.2. The van der Waals surface area contributed by atoms with E-state index in [-0.39, 0.29) is 5.63 Å². The molecule has 0 radical (unpaired) electrons. The lowest BCUT2D eigenvalue weighted by Crippen LogP contribution is -2.02. The summed E-state index contributed by atoms with van der Waals surface area (Å²) in [6, 6.07) is 17.8. The molecular weight excluding hydrogens is 434 g/mol. The maximum Gasteiger partial charge on any atom is 0.336 e. The zero-order valence-electron chi connectivity index (χ0n) is 18.1. The van der Waals surface area contributed by atoms with Crippen LogP contribution in [0.2, 0.25) is 0 Å². The minimum Gasteiger partial charge on any atom is -0.469 e. The Morgan fingerprint density at radius 1 is 1.03 bits per heavy atom. The van der Waals surface area contributed by atoms with Crippen molar-refractivity contribution in [2.24, 2.45) is 0 Å². The zero-order valence-corrected chi connectivity index (χ0v) is 18.9. The summed E-state index contributed by atoms with van der Waals surface area (Å²) in [6.45, 7) is 1.92. The Morgan fingerprint density at radius 2 is 1.85 bits per heavy atom. The summed E-state index contributed by atoms with van der Waals surface area (Å²) >= 11 is 1.55. The average Bonchev–Trinajstić information content (AvgIpc) is 3.55. The Hall–Kier alpha value is -3.58. The van der Waals surface area contributed by atoms with Gasteiger partial charge in [0.15, 0.2) is 11.0 Å². The van der Waals surface area contributed by atoms with Crippen LogP contribution >= 0.6 is 11.8 Å². The van der Waals surface area contributed by atoms with E-state index in [0.29, 0.717) is 11.3 Å². The SMILES string of the molecule is Cc1occc1-c1nnc(SCc2cc(=O)oc3cc4c(cc23)CCC4)n1-c1ccccc1. The molecule has 0 spiro atoms. The van der Waals surface area contributed by atoms with Gasteiger partial charge in [-0.3, -0.25) is 4.57 Å². The molecule has 0 amide bonds. The summed E-state index contributed by atoms with van der Waals surface area (Å²) < 4.78 is 13.1. The van der Waals surface area contributed by atoms with Crippen LogP contribution in [0.15, 0.2) is 79.6 Å². The Morgan fingerprint density at radius 3 is 2.64 bits per heavy atom. The predicted molar refractivity (Wildman–Crippen MR) is 128 cm³/mol. The number of para-hydroxylation sites is 1. The van der Waals surface area contributed by atoms with E-state index >= 15 is 0 Å². The molecule has 0 bridgehead atoms. The number of aryl methyl sites for hydroxylation is 3. The molecule has 7 heteroatoms. The first-order valence-electron chi connectivity index (χ1n) is 10.9. The summed E-state index contributed by atoms with van der Waals surface area (Å²) in [4.78, 5) is 12.3. The molecule has 5 aromatic rings. The van der Waals surface area contributed by atoms with Gasteiger partial charge in [0, 0.05) is 22.9 Å². The fourth-order valence-corrected chi connectivity index (χ4v) is 5.46. The first-order chi connectivity index (χ1) is 16.2. The monoisotopic (exact) mass is 455 g/mol. The third-order valence-corrected chi connectivity index (χ3v) is 7.12. The molecule has 0 saturated heterocycles. The number of fused-ring (bicyclic) bond motifs is 2. The van der Waals surface area contributed by atoms with E-state index < -0.39 is 0 Å². The Labute approximate surface area is 194 Å². The van der Waals surface area contributed by atoms with Crippen molar-refractivity contribution in [2.45, 2.75) is 37.1 Å². The van der Waals surface area contributed by atoms with Gasteiger partial charge >= 0.3 is 5.63 Å². The molecule has 2 aromatic carbocycles. The summed E-state index contributed by atoms with van der Waals surface area (Å²) in [6.07, 6.45) is 4.93. The van der Waals surface area contributed by atoms with E-state index in [4.69, 9.17) is 8.83 Å². The Bertz CT molecular complexity index is 1530. The number of furan rings is 1. The van der Waals surface area contributed by atoms with E-state index in [1.807, 2.05) is 54.0 Å². The second-order valence-electron chi connectivity index (χ2n) is 8.22. The number of nitrogens with zero attached hydrogens (tertiary/aromatic N) is 3. The lowest BCUT2D eigenvalue weighted by atomic mass is 10.0. The highest BCUT2D eigenvalue weighted by Crippen LogP contribution is 2.34. The molecule has 0 N–H and O–H groups in total. The highest BCUT2D eigenvalue weighted by molar-refractivity contribution is 7.98. The maximum atomic E-state index is 12.3. The minimum absolute atomic E-state index is 0.324. The first-order valence-corrected chi connectivity index (χ1v) is 11.9. The quantitative estimate of drug-likeness (QED) is 0.249. The summed E-state index contributed by atoms with van der Waals surface area (Å²) in [5, 5.41) is 10.7. The minimum atomic E-state index is -0.324. The van der Waals surface area contributed by atoms with Gasteiger partial charge in [0.25, 0.3) is 0 Å². The molecule has 164 valence electrons. The molecule has 3 heterocycles. The lowest BCUT2D eigenvalue weighted by Gasteiger charge is -2.11. The van der Waals surface area contributed by atoms with Crippen LogP contribution in [-0.4, -0.2) is 14.8 Å². The van der Waals surface area contributed by atoms with Gasteiger partial charge in [0.05, 0.1) is 11.8 Å². The van der Waals surface area contributed by atoms with E-state index in [1.165, 1.54) is 11.1 Å². The van der Waals surface area contributed by atoms with Gasteiger partial charge in [-0.15, -0.1) is 10.2 Å². The average molecular weight is 456 g/mol. The highest BCUT2D eigenvalue weighted by Gasteiger charge is 2.20. The number of thioether (sulfide) groups is 1. The molecule has 0 atom stereocenters. The normalized spacial score (nSPS) is 13.0. The Kier molecular flexibility index (Phi) is 4.91. The lowest BCUT2D eigenvalue weighted by molar-refractivity contribution is 0.535. The molecule has 6 rings (SSSR count). The van der Waals surface area contributed by atoms with Crippen molar-refractivity contribution in [3.63, 3.8) is 0 Å². The van der Waals surface area contributed by atoms with Crippen LogP contribution in [0.4, 0.5) is 0 Å². The molecule has 6 nitrogen and oxygen atoms in total. The van der Waals surface area contributed by atoms with Gasteiger partial charge in [-0.25, -0.2) is 4.79 Å². The number of hydrogen-bond acceptors (Lipinski definition) is 6. The van der Waals surface area contributed by atoms with Crippen LogP contribution < -0.4 is 5.63 Å². The second-order valence-corrected chi connectivity index (χ2v) is 9.16. The third kappa shape index (κ3) is 3.58. The van der Waals surface area contributed by atoms with Crippen LogP contribution in [0, 0.1) is 6.92 Å². The van der Waals surface area contributed by atoms with E-state index in [0.717, 1.165) is 58.2 Å². The Balaban J connectivity index is 1.41. The van der Waals surface area contributed by atoms with Crippen molar-refractivity contribution in [2.75, 3.05) is 0 Å². The zero-order chi connectivity index (χ0) is 22.4. The molecule has 0 saturated carbocycles. The van der Waals surface area contributed by atoms with Gasteiger partial charge in [-0.05, 0) is 73.2 Å². The standard InChI is InChI=1S/C26H21N3O3S/c1-16-21(10-11-31-16)25-27-28-26(29(25)20-8-3-2-4-9-20)33-15-19-14-24(30)32-23-13-18-7-5-6-17(18)12-22(19)23/h2-4,8-14H,5-7,15H2,1H3. The molecule has 33 heavy (non-hydrogen) atoms. The molecule has 1 aliphatic rings. The maximum absolute atomic E-state index is 12.3. The fourth-order valence-electron chi connectivity index (χ4n) is 4.52. The number of benzene rings is 2. The van der Waals surface area contributed by atoms with Gasteiger partial charge < -0.3 is 8.83 Å². The molecule has 3 aromatic heterocycles. The van der Waals surface area contributed by atoms with Crippen molar-refractivity contribution in [3.8, 4) is 17.1 Å². The predicted octanol–water partition coefficient (Wildman–Crippen LogP) is 5.72. The van der Waals surface area contributed by atoms with E-state index in [1.54, 1.807) is 24.1 Å².